The van der Waals surface area contributed by atoms with Crippen LogP contribution in [-0.4, -0.2) is 18.6 Å². The van der Waals surface area contributed by atoms with Crippen molar-refractivity contribution in [2.24, 2.45) is 17.6 Å². The van der Waals surface area contributed by atoms with E-state index in [0.29, 0.717) is 6.54 Å². The van der Waals surface area contributed by atoms with Gasteiger partial charge < -0.3 is 10.5 Å². The fraction of sp³-hybridized carbons (Fsp3) is 0.857. The second-order valence-electron chi connectivity index (χ2n) is 2.84. The molecule has 3 atom stereocenters. The molecule has 0 aromatic heterocycles. The molecule has 0 radical (unpaired) electrons. The molecule has 1 heterocycles. The lowest BCUT2D eigenvalue weighted by Gasteiger charge is -2.09. The molecule has 0 amide bonds. The van der Waals surface area contributed by atoms with Crippen LogP contribution >= 0.6 is 0 Å². The summed E-state index contributed by atoms with van der Waals surface area (Å²) in [5, 5.41) is 0. The summed E-state index contributed by atoms with van der Waals surface area (Å²) in [7, 11) is 0. The molecule has 1 saturated heterocycles. The van der Waals surface area contributed by atoms with Crippen molar-refractivity contribution in [3.8, 4) is 0 Å². The van der Waals surface area contributed by atoms with E-state index in [9.17, 15) is 4.79 Å². The highest BCUT2D eigenvalue weighted by Crippen LogP contribution is 2.26. The maximum Gasteiger partial charge on any atom is 0.310 e. The Morgan fingerprint density at radius 2 is 2.20 bits per heavy atom. The molecule has 2 N–H and O–H groups in total. The highest BCUT2D eigenvalue weighted by Gasteiger charge is 2.37. The normalized spacial score (nSPS) is 39.9. The Labute approximate surface area is 60.5 Å². The van der Waals surface area contributed by atoms with Crippen LogP contribution in [0.2, 0.25) is 0 Å². The summed E-state index contributed by atoms with van der Waals surface area (Å²) in [6.07, 6.45) is 0.0426. The minimum absolute atomic E-state index is 0.0426. The van der Waals surface area contributed by atoms with Crippen LogP contribution in [0.5, 0.6) is 0 Å². The van der Waals surface area contributed by atoms with Crippen molar-refractivity contribution >= 4 is 5.97 Å². The molecule has 0 aromatic carbocycles. The van der Waals surface area contributed by atoms with Crippen molar-refractivity contribution < 1.29 is 9.53 Å². The fourth-order valence-corrected chi connectivity index (χ4v) is 1.23. The van der Waals surface area contributed by atoms with E-state index in [0.717, 1.165) is 0 Å². The predicted molar refractivity (Wildman–Crippen MR) is 37.3 cm³/mol. The van der Waals surface area contributed by atoms with Crippen LogP contribution < -0.4 is 5.73 Å². The maximum atomic E-state index is 10.9. The fourth-order valence-electron chi connectivity index (χ4n) is 1.23. The molecule has 0 spiro atoms. The third-order valence-corrected chi connectivity index (χ3v) is 2.23. The largest absolute Gasteiger partial charge is 0.462 e. The highest BCUT2D eigenvalue weighted by molar-refractivity contribution is 5.75. The Morgan fingerprint density at radius 3 is 2.40 bits per heavy atom. The van der Waals surface area contributed by atoms with Crippen LogP contribution in [0.25, 0.3) is 0 Å². The highest BCUT2D eigenvalue weighted by atomic mass is 16.6. The van der Waals surface area contributed by atoms with Crippen LogP contribution in [0.1, 0.15) is 13.8 Å². The van der Waals surface area contributed by atoms with Crippen molar-refractivity contribution in [1.29, 1.82) is 0 Å². The molecule has 1 aliphatic heterocycles. The van der Waals surface area contributed by atoms with Gasteiger partial charge in [-0.3, -0.25) is 4.79 Å². The van der Waals surface area contributed by atoms with Gasteiger partial charge in [0, 0.05) is 12.5 Å². The van der Waals surface area contributed by atoms with E-state index >= 15 is 0 Å². The minimum atomic E-state index is -0.137. The summed E-state index contributed by atoms with van der Waals surface area (Å²) in [6, 6.07) is 0. The molecule has 1 fully saturated rings. The summed E-state index contributed by atoms with van der Waals surface area (Å²) in [5.41, 5.74) is 5.38. The lowest BCUT2D eigenvalue weighted by molar-refractivity contribution is -0.143. The number of hydrogen-bond donors (Lipinski definition) is 1. The third kappa shape index (κ3) is 1.01. The van der Waals surface area contributed by atoms with Crippen LogP contribution in [0.4, 0.5) is 0 Å². The minimum Gasteiger partial charge on any atom is -0.462 e. The first kappa shape index (κ1) is 7.54. The first-order valence-electron chi connectivity index (χ1n) is 3.57. The Bertz CT molecular complexity index is 147. The zero-order valence-electron chi connectivity index (χ0n) is 6.33. The molecule has 0 aromatic rings. The van der Waals surface area contributed by atoms with E-state index in [1.807, 2.05) is 13.8 Å². The van der Waals surface area contributed by atoms with Gasteiger partial charge in [-0.2, -0.15) is 0 Å². The van der Waals surface area contributed by atoms with Gasteiger partial charge in [-0.05, 0) is 6.92 Å². The maximum absolute atomic E-state index is 10.9. The van der Waals surface area contributed by atoms with E-state index in [-0.39, 0.29) is 23.9 Å². The molecule has 1 unspecified atom stereocenters. The first-order valence-corrected chi connectivity index (χ1v) is 3.57. The van der Waals surface area contributed by atoms with Crippen molar-refractivity contribution in [2.45, 2.75) is 20.0 Å². The molecule has 1 rings (SSSR count). The Kier molecular flexibility index (Phi) is 1.94. The quantitative estimate of drug-likeness (QED) is 0.531. The number of rotatable bonds is 1. The molecule has 0 saturated carbocycles. The Morgan fingerprint density at radius 1 is 1.60 bits per heavy atom. The third-order valence-electron chi connectivity index (χ3n) is 2.23. The lowest BCUT2D eigenvalue weighted by atomic mass is 9.93. The summed E-state index contributed by atoms with van der Waals surface area (Å²) >= 11 is 0. The van der Waals surface area contributed by atoms with Crippen molar-refractivity contribution in [2.75, 3.05) is 6.54 Å². The lowest BCUT2D eigenvalue weighted by Crippen LogP contribution is -2.24. The summed E-state index contributed by atoms with van der Waals surface area (Å²) in [6.45, 7) is 4.30. The van der Waals surface area contributed by atoms with Gasteiger partial charge in [0.2, 0.25) is 0 Å². The number of ether oxygens (including phenoxy) is 1. The smallest absolute Gasteiger partial charge is 0.310 e. The summed E-state index contributed by atoms with van der Waals surface area (Å²) in [5.74, 6) is 0.0648. The molecule has 0 bridgehead atoms. The Balaban J connectivity index is 2.64. The van der Waals surface area contributed by atoms with Crippen LogP contribution in [0, 0.1) is 11.8 Å². The van der Waals surface area contributed by atoms with Crippen LogP contribution in [-0.2, 0) is 9.53 Å². The number of esters is 1. The van der Waals surface area contributed by atoms with Gasteiger partial charge in [-0.25, -0.2) is 0 Å². The van der Waals surface area contributed by atoms with Crippen molar-refractivity contribution in [1.82, 2.24) is 0 Å². The molecule has 0 aliphatic carbocycles. The average molecular weight is 143 g/mol. The second kappa shape index (κ2) is 2.58. The van der Waals surface area contributed by atoms with Gasteiger partial charge >= 0.3 is 5.97 Å². The van der Waals surface area contributed by atoms with Crippen molar-refractivity contribution in [3.05, 3.63) is 0 Å². The van der Waals surface area contributed by atoms with E-state index in [1.54, 1.807) is 0 Å². The number of hydrogen-bond acceptors (Lipinski definition) is 3. The number of carbonyl (C=O) groups excluding carboxylic acids is 1. The van der Waals surface area contributed by atoms with E-state index in [1.165, 1.54) is 0 Å². The molecule has 10 heavy (non-hydrogen) atoms. The predicted octanol–water partition coefficient (Wildman–Crippen LogP) is 0.143. The number of cyclic esters (lactones) is 1. The van der Waals surface area contributed by atoms with Crippen LogP contribution in [0.3, 0.4) is 0 Å². The van der Waals surface area contributed by atoms with Gasteiger partial charge in [0.05, 0.1) is 5.92 Å². The van der Waals surface area contributed by atoms with Crippen LogP contribution in [0.15, 0.2) is 0 Å². The van der Waals surface area contributed by atoms with Gasteiger partial charge in [-0.1, -0.05) is 6.92 Å². The molecule has 1 aliphatic rings. The monoisotopic (exact) mass is 143 g/mol. The van der Waals surface area contributed by atoms with Gasteiger partial charge in [-0.15, -0.1) is 0 Å². The molecular weight excluding hydrogens is 130 g/mol. The SMILES string of the molecule is CC1[C@@H](C)OC(=O)[C@@H]1CN. The van der Waals surface area contributed by atoms with E-state index < -0.39 is 0 Å². The zero-order valence-corrected chi connectivity index (χ0v) is 6.33. The topological polar surface area (TPSA) is 52.3 Å². The number of nitrogens with two attached hydrogens (primary N) is 1. The van der Waals surface area contributed by atoms with E-state index in [4.69, 9.17) is 10.5 Å². The van der Waals surface area contributed by atoms with Gasteiger partial charge in [0.1, 0.15) is 6.10 Å². The van der Waals surface area contributed by atoms with E-state index in [2.05, 4.69) is 0 Å². The second-order valence-corrected chi connectivity index (χ2v) is 2.84. The molecular formula is C7H13NO2. The summed E-state index contributed by atoms with van der Waals surface area (Å²) < 4.78 is 4.96. The number of carbonyl (C=O) groups is 1. The molecule has 58 valence electrons. The zero-order chi connectivity index (χ0) is 7.72. The average Bonchev–Trinajstić information content (AvgIpc) is 2.09. The molecule has 3 nitrogen and oxygen atoms in total. The van der Waals surface area contributed by atoms with Crippen molar-refractivity contribution in [3.63, 3.8) is 0 Å². The first-order chi connectivity index (χ1) is 4.66. The Hall–Kier alpha value is -0.570. The summed E-state index contributed by atoms with van der Waals surface area (Å²) in [4.78, 5) is 10.9. The standard InChI is InChI=1S/C7H13NO2/c1-4-5(2)10-7(9)6(4)3-8/h4-6H,3,8H2,1-2H3/t4?,5-,6-/m1/s1. The van der Waals surface area contributed by atoms with Gasteiger partial charge in [0.25, 0.3) is 0 Å². The van der Waals surface area contributed by atoms with Gasteiger partial charge in [0.15, 0.2) is 0 Å². The molecule has 3 heteroatoms.